The van der Waals surface area contributed by atoms with Gasteiger partial charge in [-0.1, -0.05) is 50.3 Å². The fraction of sp³-hybridized carbons (Fsp3) is 0.577. The third kappa shape index (κ3) is 4.01. The molecule has 2 saturated carbocycles. The van der Waals surface area contributed by atoms with Gasteiger partial charge in [-0.2, -0.15) is 0 Å². The number of nitrogens with one attached hydrogen (secondary N) is 1. The van der Waals surface area contributed by atoms with Crippen molar-refractivity contribution in [2.45, 2.75) is 76.4 Å². The summed E-state index contributed by atoms with van der Waals surface area (Å²) in [5.74, 6) is 2.88. The van der Waals surface area contributed by atoms with Gasteiger partial charge in [0.15, 0.2) is 0 Å². The topological polar surface area (TPSA) is 47.6 Å². The summed E-state index contributed by atoms with van der Waals surface area (Å²) in [5.41, 5.74) is 0.604. The van der Waals surface area contributed by atoms with Crippen molar-refractivity contribution < 1.29 is 14.3 Å². The highest BCUT2D eigenvalue weighted by Gasteiger charge is 2.36. The molecule has 2 aliphatic carbocycles. The number of carbonyl (C=O) groups is 1. The summed E-state index contributed by atoms with van der Waals surface area (Å²) in [5, 5.41) is 5.24. The molecule has 1 N–H and O–H groups in total. The summed E-state index contributed by atoms with van der Waals surface area (Å²) in [6.07, 6.45) is 12.3. The zero-order valence-corrected chi connectivity index (χ0v) is 18.0. The average molecular weight is 408 g/mol. The lowest BCUT2D eigenvalue weighted by Crippen LogP contribution is -2.37. The average Bonchev–Trinajstić information content (AvgIpc) is 3.14. The van der Waals surface area contributed by atoms with Gasteiger partial charge >= 0.3 is 6.09 Å². The second kappa shape index (κ2) is 8.13. The number of benzene rings is 2. The van der Waals surface area contributed by atoms with Gasteiger partial charge in [0.05, 0.1) is 11.6 Å². The third-order valence-electron chi connectivity index (χ3n) is 7.66. The molecular weight excluding hydrogens is 374 g/mol. The molecule has 30 heavy (non-hydrogen) atoms. The van der Waals surface area contributed by atoms with Crippen LogP contribution in [0.1, 0.15) is 70.3 Å². The molecule has 1 atom stereocenters. The first-order chi connectivity index (χ1) is 14.6. The van der Waals surface area contributed by atoms with E-state index in [9.17, 15) is 4.79 Å². The van der Waals surface area contributed by atoms with Gasteiger partial charge in [-0.15, -0.1) is 0 Å². The van der Waals surface area contributed by atoms with Crippen molar-refractivity contribution in [2.75, 3.05) is 6.61 Å². The first-order valence-electron chi connectivity index (χ1n) is 11.7. The van der Waals surface area contributed by atoms with E-state index < -0.39 is 5.54 Å². The summed E-state index contributed by atoms with van der Waals surface area (Å²) in [6.45, 7) is 2.36. The molecule has 0 unspecified atom stereocenters. The van der Waals surface area contributed by atoms with Crippen molar-refractivity contribution in [3.63, 3.8) is 0 Å². The van der Waals surface area contributed by atoms with E-state index in [2.05, 4.69) is 41.7 Å². The van der Waals surface area contributed by atoms with Crippen LogP contribution in [0.15, 0.2) is 36.4 Å². The molecule has 5 rings (SSSR count). The largest absolute Gasteiger partial charge is 0.490 e. The van der Waals surface area contributed by atoms with Gasteiger partial charge in [-0.25, -0.2) is 4.79 Å². The van der Waals surface area contributed by atoms with E-state index in [4.69, 9.17) is 9.47 Å². The Kier molecular flexibility index (Phi) is 5.34. The maximum Gasteiger partial charge on any atom is 0.408 e. The van der Waals surface area contributed by atoms with E-state index in [1.807, 2.05) is 6.92 Å². The van der Waals surface area contributed by atoms with Crippen LogP contribution >= 0.6 is 0 Å². The van der Waals surface area contributed by atoms with Crippen LogP contribution in [0.25, 0.3) is 10.8 Å². The van der Waals surface area contributed by atoms with Gasteiger partial charge in [0.2, 0.25) is 0 Å². The standard InChI is InChI=1S/C26H33NO3/c1-26(17-29-25(28)27-26)22-11-7-21-16-24(14-10-20(21)15-22)30-23-12-8-19(9-13-23)18-5-3-2-4-6-18/h7,10-11,14-16,18-19,23H,2-6,8-9,12-13,17H2,1H3,(H,27,28)/t19-,23+,26-/m0/s1. The molecule has 3 aliphatic rings. The Morgan fingerprint density at radius 2 is 1.60 bits per heavy atom. The lowest BCUT2D eigenvalue weighted by Gasteiger charge is -2.35. The minimum Gasteiger partial charge on any atom is -0.490 e. The number of amides is 1. The minimum atomic E-state index is -0.461. The normalized spacial score (nSPS) is 30.1. The van der Waals surface area contributed by atoms with Crippen LogP contribution in [-0.2, 0) is 10.3 Å². The lowest BCUT2D eigenvalue weighted by molar-refractivity contribution is 0.0992. The van der Waals surface area contributed by atoms with Crippen molar-refractivity contribution in [1.29, 1.82) is 0 Å². The van der Waals surface area contributed by atoms with Crippen molar-refractivity contribution in [2.24, 2.45) is 11.8 Å². The maximum atomic E-state index is 11.5. The SMILES string of the molecule is C[C@@]1(c2ccc3cc(O[C@H]4CC[C@@H](C5CCCCC5)CC4)ccc3c2)COC(=O)N1. The van der Waals surface area contributed by atoms with E-state index in [1.165, 1.54) is 63.2 Å². The molecule has 0 spiro atoms. The fourth-order valence-electron chi connectivity index (χ4n) is 5.78. The number of cyclic esters (lactones) is 1. The molecule has 1 aliphatic heterocycles. The number of hydrogen-bond donors (Lipinski definition) is 1. The number of fused-ring (bicyclic) bond motifs is 1. The van der Waals surface area contributed by atoms with Crippen molar-refractivity contribution >= 4 is 16.9 Å². The number of rotatable bonds is 4. The highest BCUT2D eigenvalue weighted by molar-refractivity contribution is 5.85. The predicted molar refractivity (Wildman–Crippen MR) is 119 cm³/mol. The van der Waals surface area contributed by atoms with Crippen LogP contribution in [0.5, 0.6) is 5.75 Å². The Morgan fingerprint density at radius 3 is 2.33 bits per heavy atom. The minimum absolute atomic E-state index is 0.348. The number of ether oxygens (including phenoxy) is 2. The quantitative estimate of drug-likeness (QED) is 0.646. The number of hydrogen-bond acceptors (Lipinski definition) is 3. The Balaban J connectivity index is 1.23. The molecule has 2 aromatic carbocycles. The molecule has 0 radical (unpaired) electrons. The smallest absolute Gasteiger partial charge is 0.408 e. The van der Waals surface area contributed by atoms with E-state index in [0.717, 1.165) is 28.5 Å². The molecule has 4 heteroatoms. The Bertz CT molecular complexity index is 912. The van der Waals surface area contributed by atoms with Crippen LogP contribution in [0.3, 0.4) is 0 Å². The highest BCUT2D eigenvalue weighted by atomic mass is 16.6. The van der Waals surface area contributed by atoms with Crippen molar-refractivity contribution in [3.05, 3.63) is 42.0 Å². The zero-order valence-electron chi connectivity index (χ0n) is 18.0. The summed E-state index contributed by atoms with van der Waals surface area (Å²) in [4.78, 5) is 11.5. The van der Waals surface area contributed by atoms with Crippen LogP contribution in [0.4, 0.5) is 4.79 Å². The van der Waals surface area contributed by atoms with Gasteiger partial charge in [-0.3, -0.25) is 0 Å². The third-order valence-corrected chi connectivity index (χ3v) is 7.66. The van der Waals surface area contributed by atoms with E-state index in [-0.39, 0.29) is 6.09 Å². The van der Waals surface area contributed by atoms with Crippen molar-refractivity contribution in [1.82, 2.24) is 5.32 Å². The molecule has 4 nitrogen and oxygen atoms in total. The maximum absolute atomic E-state index is 11.5. The summed E-state index contributed by atoms with van der Waals surface area (Å²) >= 11 is 0. The van der Waals surface area contributed by atoms with Crippen LogP contribution < -0.4 is 10.1 Å². The second-order valence-electron chi connectivity index (χ2n) is 9.81. The van der Waals surface area contributed by atoms with E-state index in [1.54, 1.807) is 0 Å². The molecule has 0 bridgehead atoms. The molecule has 3 fully saturated rings. The zero-order chi connectivity index (χ0) is 20.6. The summed E-state index contributed by atoms with van der Waals surface area (Å²) in [6, 6.07) is 12.7. The predicted octanol–water partition coefficient (Wildman–Crippen LogP) is 6.31. The molecule has 1 saturated heterocycles. The lowest BCUT2D eigenvalue weighted by atomic mass is 9.73. The van der Waals surface area contributed by atoms with Crippen LogP contribution in [-0.4, -0.2) is 18.8 Å². The monoisotopic (exact) mass is 407 g/mol. The van der Waals surface area contributed by atoms with Crippen molar-refractivity contribution in [3.8, 4) is 5.75 Å². The van der Waals surface area contributed by atoms with Gasteiger partial charge in [-0.05, 0) is 79.0 Å². The fourth-order valence-corrected chi connectivity index (χ4v) is 5.78. The first kappa shape index (κ1) is 19.7. The summed E-state index contributed by atoms with van der Waals surface area (Å²) < 4.78 is 11.5. The first-order valence-corrected chi connectivity index (χ1v) is 11.7. The van der Waals surface area contributed by atoms with E-state index >= 15 is 0 Å². The number of alkyl carbamates (subject to hydrolysis) is 1. The molecule has 2 aromatic rings. The molecular formula is C26H33NO3. The second-order valence-corrected chi connectivity index (χ2v) is 9.81. The number of carbonyl (C=O) groups excluding carboxylic acids is 1. The molecule has 0 aromatic heterocycles. The molecule has 1 heterocycles. The van der Waals surface area contributed by atoms with Gasteiger partial charge < -0.3 is 14.8 Å². The Labute approximate surface area is 179 Å². The molecule has 1 amide bonds. The van der Waals surface area contributed by atoms with Crippen LogP contribution in [0, 0.1) is 11.8 Å². The summed E-state index contributed by atoms with van der Waals surface area (Å²) in [7, 11) is 0. The highest BCUT2D eigenvalue weighted by Crippen LogP contribution is 2.39. The molecule has 160 valence electrons. The van der Waals surface area contributed by atoms with E-state index in [0.29, 0.717) is 12.7 Å². The van der Waals surface area contributed by atoms with Gasteiger partial charge in [0.25, 0.3) is 0 Å². The van der Waals surface area contributed by atoms with Crippen LogP contribution in [0.2, 0.25) is 0 Å². The van der Waals surface area contributed by atoms with Gasteiger partial charge in [0.1, 0.15) is 12.4 Å². The Hall–Kier alpha value is -2.23. The van der Waals surface area contributed by atoms with Gasteiger partial charge in [0, 0.05) is 0 Å². The Morgan fingerprint density at radius 1 is 0.900 bits per heavy atom.